The van der Waals surface area contributed by atoms with E-state index >= 15 is 0 Å². The number of carbonyl (C=O) groups excluding carboxylic acids is 1. The summed E-state index contributed by atoms with van der Waals surface area (Å²) in [5, 5.41) is 17.1. The second-order valence-corrected chi connectivity index (χ2v) is 8.17. The van der Waals surface area contributed by atoms with Crippen molar-refractivity contribution in [3.05, 3.63) is 70.3 Å². The van der Waals surface area contributed by atoms with Gasteiger partial charge in [0.05, 0.1) is 22.4 Å². The van der Waals surface area contributed by atoms with Gasteiger partial charge in [-0.1, -0.05) is 25.0 Å². The first kappa shape index (κ1) is 23.1. The molecule has 10 nitrogen and oxygen atoms in total. The van der Waals surface area contributed by atoms with Crippen molar-refractivity contribution in [1.29, 1.82) is 0 Å². The summed E-state index contributed by atoms with van der Waals surface area (Å²) < 4.78 is 14.7. The van der Waals surface area contributed by atoms with Crippen LogP contribution in [0.5, 0.6) is 0 Å². The van der Waals surface area contributed by atoms with Gasteiger partial charge in [0.15, 0.2) is 11.6 Å². The Hall–Kier alpha value is -4.12. The Morgan fingerprint density at radius 1 is 1.12 bits per heavy atom. The number of rotatable bonds is 7. The predicted molar refractivity (Wildman–Crippen MR) is 126 cm³/mol. The van der Waals surface area contributed by atoms with E-state index in [4.69, 9.17) is 11.5 Å². The molecule has 1 amide bonds. The monoisotopic (exact) mass is 465 g/mol. The lowest BCUT2D eigenvalue weighted by molar-refractivity contribution is -0.384. The number of halogens is 1. The van der Waals surface area contributed by atoms with Gasteiger partial charge in [-0.3, -0.25) is 19.9 Å². The minimum Gasteiger partial charge on any atom is -0.365 e. The van der Waals surface area contributed by atoms with E-state index in [0.29, 0.717) is 16.8 Å². The van der Waals surface area contributed by atoms with Crippen molar-refractivity contribution >= 4 is 28.9 Å². The molecule has 0 saturated heterocycles. The fourth-order valence-electron chi connectivity index (χ4n) is 3.99. The van der Waals surface area contributed by atoms with Gasteiger partial charge in [0.1, 0.15) is 5.82 Å². The maximum Gasteiger partial charge on any atom is 0.270 e. The number of pyridine rings is 2. The van der Waals surface area contributed by atoms with E-state index in [9.17, 15) is 19.3 Å². The van der Waals surface area contributed by atoms with Crippen molar-refractivity contribution in [3.8, 4) is 11.1 Å². The first-order chi connectivity index (χ1) is 16.3. The van der Waals surface area contributed by atoms with E-state index < -0.39 is 16.6 Å². The molecule has 1 saturated carbocycles. The number of carbonyl (C=O) groups is 1. The van der Waals surface area contributed by atoms with Crippen LogP contribution in [0.4, 0.5) is 27.4 Å². The SMILES string of the molecule is NC(=O)c1cc(F)c(NC2CCCCC2N)nc1Nc1cncc(-c2cccc([N+](=O)[O-])c2)c1. The molecule has 3 aromatic rings. The molecule has 4 rings (SSSR count). The molecule has 2 aromatic heterocycles. The van der Waals surface area contributed by atoms with Crippen LogP contribution >= 0.6 is 0 Å². The number of nitrogens with two attached hydrogens (primary N) is 2. The number of amides is 1. The highest BCUT2D eigenvalue weighted by Gasteiger charge is 2.24. The number of nitrogens with zero attached hydrogens (tertiary/aromatic N) is 3. The van der Waals surface area contributed by atoms with Crippen molar-refractivity contribution in [1.82, 2.24) is 9.97 Å². The zero-order valence-electron chi connectivity index (χ0n) is 18.2. The molecule has 176 valence electrons. The van der Waals surface area contributed by atoms with Crippen LogP contribution in [-0.2, 0) is 0 Å². The van der Waals surface area contributed by atoms with Crippen LogP contribution in [0, 0.1) is 15.9 Å². The smallest absolute Gasteiger partial charge is 0.270 e. The van der Waals surface area contributed by atoms with E-state index in [2.05, 4.69) is 20.6 Å². The third-order valence-electron chi connectivity index (χ3n) is 5.77. The fraction of sp³-hybridized carbons (Fsp3) is 0.261. The van der Waals surface area contributed by atoms with Gasteiger partial charge in [-0.2, -0.15) is 0 Å². The molecule has 1 aliphatic rings. The first-order valence-electron chi connectivity index (χ1n) is 10.8. The van der Waals surface area contributed by atoms with Crippen LogP contribution in [0.1, 0.15) is 36.0 Å². The summed E-state index contributed by atoms with van der Waals surface area (Å²) in [4.78, 5) is 31.0. The number of nitro benzene ring substituents is 1. The van der Waals surface area contributed by atoms with Gasteiger partial charge in [0.25, 0.3) is 11.6 Å². The average Bonchev–Trinajstić information content (AvgIpc) is 2.82. The Morgan fingerprint density at radius 2 is 1.91 bits per heavy atom. The Balaban J connectivity index is 1.65. The van der Waals surface area contributed by atoms with E-state index in [1.807, 2.05) is 0 Å². The maximum atomic E-state index is 14.7. The highest BCUT2D eigenvalue weighted by molar-refractivity contribution is 5.98. The Morgan fingerprint density at radius 3 is 2.65 bits per heavy atom. The van der Waals surface area contributed by atoms with Crippen LogP contribution in [0.25, 0.3) is 11.1 Å². The van der Waals surface area contributed by atoms with Crippen LogP contribution in [0.15, 0.2) is 48.8 Å². The average molecular weight is 465 g/mol. The molecule has 2 atom stereocenters. The number of nitrogens with one attached hydrogen (secondary N) is 2. The van der Waals surface area contributed by atoms with Gasteiger partial charge in [-0.25, -0.2) is 9.37 Å². The Kier molecular flexibility index (Phi) is 6.64. The van der Waals surface area contributed by atoms with Crippen molar-refractivity contribution in [2.75, 3.05) is 10.6 Å². The zero-order chi connectivity index (χ0) is 24.2. The van der Waals surface area contributed by atoms with Gasteiger partial charge in [-0.05, 0) is 30.5 Å². The quantitative estimate of drug-likeness (QED) is 0.303. The van der Waals surface area contributed by atoms with Crippen molar-refractivity contribution < 1.29 is 14.1 Å². The highest BCUT2D eigenvalue weighted by Crippen LogP contribution is 2.29. The number of hydrogen-bond acceptors (Lipinski definition) is 8. The molecular formula is C23H24FN7O3. The van der Waals surface area contributed by atoms with Crippen LogP contribution in [-0.4, -0.2) is 32.9 Å². The number of primary amides is 1. The zero-order valence-corrected chi connectivity index (χ0v) is 18.2. The van der Waals surface area contributed by atoms with Gasteiger partial charge in [0.2, 0.25) is 0 Å². The molecular weight excluding hydrogens is 441 g/mol. The summed E-state index contributed by atoms with van der Waals surface area (Å²) in [6.45, 7) is 0. The molecule has 34 heavy (non-hydrogen) atoms. The third-order valence-corrected chi connectivity index (χ3v) is 5.77. The van der Waals surface area contributed by atoms with Gasteiger partial charge in [0, 0.05) is 36.0 Å². The van der Waals surface area contributed by atoms with Crippen LogP contribution in [0.2, 0.25) is 0 Å². The largest absolute Gasteiger partial charge is 0.365 e. The summed E-state index contributed by atoms with van der Waals surface area (Å²) >= 11 is 0. The summed E-state index contributed by atoms with van der Waals surface area (Å²) in [5.74, 6) is -1.53. The van der Waals surface area contributed by atoms with Crippen molar-refractivity contribution in [2.24, 2.45) is 11.5 Å². The van der Waals surface area contributed by atoms with Crippen molar-refractivity contribution in [3.63, 3.8) is 0 Å². The summed E-state index contributed by atoms with van der Waals surface area (Å²) in [5.41, 5.74) is 13.1. The molecule has 2 heterocycles. The second kappa shape index (κ2) is 9.79. The van der Waals surface area contributed by atoms with E-state index in [-0.39, 0.29) is 35.0 Å². The minimum atomic E-state index is -0.849. The fourth-order valence-corrected chi connectivity index (χ4v) is 3.99. The molecule has 1 aliphatic carbocycles. The lowest BCUT2D eigenvalue weighted by atomic mass is 9.91. The Bertz CT molecular complexity index is 1240. The van der Waals surface area contributed by atoms with Crippen LogP contribution < -0.4 is 22.1 Å². The number of hydrogen-bond donors (Lipinski definition) is 4. The summed E-state index contributed by atoms with van der Waals surface area (Å²) in [6.07, 6.45) is 6.66. The molecule has 6 N–H and O–H groups in total. The third kappa shape index (κ3) is 5.09. The maximum absolute atomic E-state index is 14.7. The molecule has 0 spiro atoms. The number of aromatic nitrogens is 2. The summed E-state index contributed by atoms with van der Waals surface area (Å²) in [7, 11) is 0. The second-order valence-electron chi connectivity index (χ2n) is 8.17. The Labute approximate surface area is 194 Å². The van der Waals surface area contributed by atoms with E-state index in [1.165, 1.54) is 18.3 Å². The molecule has 0 aliphatic heterocycles. The molecule has 0 bridgehead atoms. The number of benzene rings is 1. The molecule has 0 radical (unpaired) electrons. The lowest BCUT2D eigenvalue weighted by Crippen LogP contribution is -2.43. The summed E-state index contributed by atoms with van der Waals surface area (Å²) in [6, 6.07) is 8.58. The van der Waals surface area contributed by atoms with Gasteiger partial charge in [-0.15, -0.1) is 0 Å². The normalized spacial score (nSPS) is 17.7. The number of nitro groups is 1. The highest BCUT2D eigenvalue weighted by atomic mass is 19.1. The first-order valence-corrected chi connectivity index (χ1v) is 10.8. The number of anilines is 3. The number of non-ortho nitro benzene ring substituents is 1. The van der Waals surface area contributed by atoms with Crippen molar-refractivity contribution in [2.45, 2.75) is 37.8 Å². The topological polar surface area (TPSA) is 162 Å². The molecule has 1 aromatic carbocycles. The minimum absolute atomic E-state index is 0.0300. The van der Waals surface area contributed by atoms with Gasteiger partial charge >= 0.3 is 0 Å². The lowest BCUT2D eigenvalue weighted by Gasteiger charge is -2.30. The molecule has 11 heteroatoms. The van der Waals surface area contributed by atoms with Crippen LogP contribution in [0.3, 0.4) is 0 Å². The predicted octanol–water partition coefficient (Wildman–Crippen LogP) is 3.72. The standard InChI is InChI=1S/C23H24FN7O3/c24-18-10-17(21(26)32)22(30-23(18)29-20-7-2-1-6-19(20)25)28-15-8-14(11-27-12-15)13-4-3-5-16(9-13)31(33)34/h3-5,8-12,19-20H,1-2,6-7,25H2,(H2,26,32)(H2,28,29,30). The molecule has 1 fully saturated rings. The van der Waals surface area contributed by atoms with Gasteiger partial charge < -0.3 is 22.1 Å². The molecule has 2 unspecified atom stereocenters. The van der Waals surface area contributed by atoms with E-state index in [1.54, 1.807) is 24.4 Å². The van der Waals surface area contributed by atoms with E-state index in [0.717, 1.165) is 31.7 Å².